The molecular formula is C11H12N2O. The van der Waals surface area contributed by atoms with Gasteiger partial charge < -0.3 is 4.90 Å². The van der Waals surface area contributed by atoms with Crippen LogP contribution in [0.4, 0.5) is 0 Å². The molecule has 0 radical (unpaired) electrons. The van der Waals surface area contributed by atoms with Gasteiger partial charge in [0.2, 0.25) is 5.91 Å². The first-order chi connectivity index (χ1) is 6.84. The maximum absolute atomic E-state index is 11.8. The van der Waals surface area contributed by atoms with Gasteiger partial charge in [0.15, 0.2) is 0 Å². The normalized spacial score (nSPS) is 19.6. The maximum Gasteiger partial charge on any atom is 0.226 e. The quantitative estimate of drug-likeness (QED) is 0.666. The lowest BCUT2D eigenvalue weighted by Crippen LogP contribution is -2.26. The fourth-order valence-corrected chi connectivity index (χ4v) is 1.94. The van der Waals surface area contributed by atoms with E-state index in [-0.39, 0.29) is 0 Å². The number of hydrogen-bond acceptors (Lipinski definition) is 2. The molecule has 3 nitrogen and oxygen atoms in total. The van der Waals surface area contributed by atoms with Crippen molar-refractivity contribution in [1.29, 1.82) is 0 Å². The predicted octanol–water partition coefficient (Wildman–Crippen LogP) is 1.33. The third kappa shape index (κ3) is 1.20. The van der Waals surface area contributed by atoms with Crippen LogP contribution in [0.25, 0.3) is 0 Å². The molecule has 0 spiro atoms. The number of amides is 1. The molecule has 72 valence electrons. The topological polar surface area (TPSA) is 33.2 Å². The minimum absolute atomic E-state index is 0.322. The van der Waals surface area contributed by atoms with Gasteiger partial charge in [0.05, 0.1) is 12.2 Å². The molecule has 2 aliphatic rings. The van der Waals surface area contributed by atoms with Gasteiger partial charge in [-0.1, -0.05) is 6.07 Å². The van der Waals surface area contributed by atoms with E-state index in [9.17, 15) is 4.79 Å². The number of carbonyl (C=O) groups excluding carboxylic acids is 1. The van der Waals surface area contributed by atoms with E-state index in [2.05, 4.69) is 11.1 Å². The molecule has 3 rings (SSSR count). The van der Waals surface area contributed by atoms with Crippen LogP contribution in [-0.4, -0.2) is 15.8 Å². The molecule has 0 atom stereocenters. The number of aromatic nitrogens is 1. The van der Waals surface area contributed by atoms with Gasteiger partial charge in [-0.05, 0) is 24.5 Å². The first-order valence-electron chi connectivity index (χ1n) is 5.06. The second-order valence-electron chi connectivity index (χ2n) is 4.08. The first-order valence-corrected chi connectivity index (χ1v) is 5.06. The second kappa shape index (κ2) is 2.80. The Hall–Kier alpha value is -1.38. The van der Waals surface area contributed by atoms with Crippen molar-refractivity contribution in [2.75, 3.05) is 0 Å². The molecule has 0 bridgehead atoms. The molecule has 1 saturated carbocycles. The van der Waals surface area contributed by atoms with Crippen molar-refractivity contribution in [3.63, 3.8) is 0 Å². The Morgan fingerprint density at radius 2 is 2.29 bits per heavy atom. The van der Waals surface area contributed by atoms with Crippen LogP contribution in [0.15, 0.2) is 18.3 Å². The van der Waals surface area contributed by atoms with Crippen molar-refractivity contribution in [2.24, 2.45) is 5.92 Å². The third-order valence-corrected chi connectivity index (χ3v) is 2.92. The molecule has 0 aromatic carbocycles. The predicted molar refractivity (Wildman–Crippen MR) is 51.2 cm³/mol. The Bertz CT molecular complexity index is 360. The van der Waals surface area contributed by atoms with Crippen LogP contribution >= 0.6 is 0 Å². The summed E-state index contributed by atoms with van der Waals surface area (Å²) in [5, 5.41) is 0. The first kappa shape index (κ1) is 7.97. The van der Waals surface area contributed by atoms with E-state index in [1.54, 1.807) is 6.20 Å². The molecular weight excluding hydrogens is 176 g/mol. The Labute approximate surface area is 82.8 Å². The zero-order valence-electron chi connectivity index (χ0n) is 7.94. The molecule has 0 unspecified atom stereocenters. The smallest absolute Gasteiger partial charge is 0.226 e. The van der Waals surface area contributed by atoms with E-state index in [0.29, 0.717) is 18.4 Å². The summed E-state index contributed by atoms with van der Waals surface area (Å²) in [5.41, 5.74) is 2.28. The van der Waals surface area contributed by atoms with E-state index >= 15 is 0 Å². The molecule has 2 heterocycles. The van der Waals surface area contributed by atoms with Gasteiger partial charge in [0, 0.05) is 18.7 Å². The summed E-state index contributed by atoms with van der Waals surface area (Å²) in [6.45, 7) is 1.48. The summed E-state index contributed by atoms with van der Waals surface area (Å²) >= 11 is 0. The van der Waals surface area contributed by atoms with Gasteiger partial charge in [-0.2, -0.15) is 0 Å². The van der Waals surface area contributed by atoms with Gasteiger partial charge in [0.25, 0.3) is 0 Å². The Balaban J connectivity index is 1.80. The van der Waals surface area contributed by atoms with Gasteiger partial charge in [-0.25, -0.2) is 0 Å². The van der Waals surface area contributed by atoms with Crippen molar-refractivity contribution in [1.82, 2.24) is 9.88 Å². The number of fused-ring (bicyclic) bond motifs is 1. The molecule has 0 saturated heterocycles. The summed E-state index contributed by atoms with van der Waals surface area (Å²) in [4.78, 5) is 18.0. The van der Waals surface area contributed by atoms with Gasteiger partial charge in [-0.3, -0.25) is 9.78 Å². The zero-order valence-corrected chi connectivity index (χ0v) is 7.94. The van der Waals surface area contributed by atoms with Crippen LogP contribution < -0.4 is 0 Å². The molecule has 0 N–H and O–H groups in total. The number of nitrogens with zero attached hydrogens (tertiary/aromatic N) is 2. The Kier molecular flexibility index (Phi) is 1.60. The highest BCUT2D eigenvalue weighted by atomic mass is 16.2. The average Bonchev–Trinajstić information content (AvgIpc) is 2.95. The number of rotatable bonds is 1. The molecule has 1 aliphatic heterocycles. The van der Waals surface area contributed by atoms with Crippen molar-refractivity contribution in [2.45, 2.75) is 25.9 Å². The second-order valence-corrected chi connectivity index (χ2v) is 4.08. The van der Waals surface area contributed by atoms with E-state index in [4.69, 9.17) is 0 Å². The fraction of sp³-hybridized carbons (Fsp3) is 0.455. The Morgan fingerprint density at radius 1 is 1.43 bits per heavy atom. The number of hydrogen-bond donors (Lipinski definition) is 0. The van der Waals surface area contributed by atoms with E-state index in [1.807, 2.05) is 11.0 Å². The van der Waals surface area contributed by atoms with Crippen molar-refractivity contribution < 1.29 is 4.79 Å². The monoisotopic (exact) mass is 188 g/mol. The minimum Gasteiger partial charge on any atom is -0.332 e. The summed E-state index contributed by atoms with van der Waals surface area (Å²) < 4.78 is 0. The van der Waals surface area contributed by atoms with Gasteiger partial charge >= 0.3 is 0 Å². The average molecular weight is 188 g/mol. The lowest BCUT2D eigenvalue weighted by Gasteiger charge is -2.13. The third-order valence-electron chi connectivity index (χ3n) is 2.92. The number of carbonyl (C=O) groups is 1. The molecule has 1 amide bonds. The van der Waals surface area contributed by atoms with Crippen LogP contribution in [0.2, 0.25) is 0 Å². The Morgan fingerprint density at radius 3 is 3.00 bits per heavy atom. The molecule has 3 heteroatoms. The standard InChI is InChI=1S/C11H12N2O/c14-11(8-3-4-8)13-6-9-2-1-5-12-10(9)7-13/h1-2,5,8H,3-4,6-7H2. The molecule has 14 heavy (non-hydrogen) atoms. The largest absolute Gasteiger partial charge is 0.332 e. The van der Waals surface area contributed by atoms with Gasteiger partial charge in [0.1, 0.15) is 0 Å². The van der Waals surface area contributed by atoms with E-state index < -0.39 is 0 Å². The van der Waals surface area contributed by atoms with Crippen molar-refractivity contribution in [3.8, 4) is 0 Å². The van der Waals surface area contributed by atoms with Crippen LogP contribution in [0, 0.1) is 5.92 Å². The molecule has 1 aromatic heterocycles. The molecule has 1 aliphatic carbocycles. The minimum atomic E-state index is 0.322. The highest BCUT2D eigenvalue weighted by molar-refractivity contribution is 5.81. The van der Waals surface area contributed by atoms with Crippen LogP contribution in [-0.2, 0) is 17.9 Å². The lowest BCUT2D eigenvalue weighted by atomic mass is 10.2. The summed E-state index contributed by atoms with van der Waals surface area (Å²) in [5.74, 6) is 0.646. The SMILES string of the molecule is O=C(C1CC1)N1Cc2cccnc2C1. The van der Waals surface area contributed by atoms with E-state index in [1.165, 1.54) is 5.56 Å². The van der Waals surface area contributed by atoms with Crippen LogP contribution in [0.5, 0.6) is 0 Å². The van der Waals surface area contributed by atoms with E-state index in [0.717, 1.165) is 25.1 Å². The van der Waals surface area contributed by atoms with Crippen molar-refractivity contribution in [3.05, 3.63) is 29.6 Å². The van der Waals surface area contributed by atoms with Crippen LogP contribution in [0.1, 0.15) is 24.1 Å². The fourth-order valence-electron chi connectivity index (χ4n) is 1.94. The van der Waals surface area contributed by atoms with Crippen molar-refractivity contribution >= 4 is 5.91 Å². The maximum atomic E-state index is 11.8. The zero-order chi connectivity index (χ0) is 9.54. The highest BCUT2D eigenvalue weighted by Gasteiger charge is 2.35. The molecule has 1 aromatic rings. The molecule has 1 fully saturated rings. The summed E-state index contributed by atoms with van der Waals surface area (Å²) in [6, 6.07) is 3.99. The highest BCUT2D eigenvalue weighted by Crippen LogP contribution is 2.33. The summed E-state index contributed by atoms with van der Waals surface area (Å²) in [6.07, 6.45) is 3.96. The van der Waals surface area contributed by atoms with Gasteiger partial charge in [-0.15, -0.1) is 0 Å². The summed E-state index contributed by atoms with van der Waals surface area (Å²) in [7, 11) is 0. The lowest BCUT2D eigenvalue weighted by molar-refractivity contribution is -0.133. The van der Waals surface area contributed by atoms with Crippen LogP contribution in [0.3, 0.4) is 0 Å². The number of pyridine rings is 1.